The SMILES string of the molecule is [C-]#[N+]c1ccc2c3cccc4c5ccc(C#N)c6c5n(c2c1C1CCC6CC1)c43. The number of nitrogens with zero attached hydrogens (tertiary/aromatic N) is 3. The third-order valence-corrected chi connectivity index (χ3v) is 7.48. The molecular formula is C26H17N3. The quantitative estimate of drug-likeness (QED) is 0.269. The van der Waals surface area contributed by atoms with Gasteiger partial charge in [-0.05, 0) is 54.7 Å². The molecule has 2 aromatic heterocycles. The Balaban J connectivity index is 1.91. The maximum absolute atomic E-state index is 9.95. The molecule has 136 valence electrons. The lowest BCUT2D eigenvalue weighted by Gasteiger charge is -2.29. The molecule has 2 aliphatic heterocycles. The Bertz CT molecular complexity index is 1470. The fourth-order valence-electron chi connectivity index (χ4n) is 6.36. The molecular weight excluding hydrogens is 354 g/mol. The molecule has 0 atom stereocenters. The molecule has 4 heterocycles. The molecule has 0 unspecified atom stereocenters. The number of hydrogen-bond donors (Lipinski definition) is 0. The number of hydrogen-bond acceptors (Lipinski definition) is 1. The normalized spacial score (nSPS) is 20.5. The summed E-state index contributed by atoms with van der Waals surface area (Å²) < 4.78 is 2.42. The minimum Gasteiger partial charge on any atom is -0.309 e. The Morgan fingerprint density at radius 2 is 1.38 bits per heavy atom. The number of rotatable bonds is 0. The largest absolute Gasteiger partial charge is 0.309 e. The molecule has 1 fully saturated rings. The van der Waals surface area contributed by atoms with E-state index in [0.717, 1.165) is 36.9 Å². The van der Waals surface area contributed by atoms with E-state index in [-0.39, 0.29) is 0 Å². The lowest BCUT2D eigenvalue weighted by atomic mass is 9.74. The lowest BCUT2D eigenvalue weighted by Crippen LogP contribution is -2.13. The van der Waals surface area contributed by atoms with Crippen LogP contribution in [0.15, 0.2) is 42.5 Å². The van der Waals surface area contributed by atoms with Gasteiger partial charge in [0, 0.05) is 27.1 Å². The predicted molar refractivity (Wildman–Crippen MR) is 116 cm³/mol. The van der Waals surface area contributed by atoms with Crippen molar-refractivity contribution >= 4 is 43.8 Å². The van der Waals surface area contributed by atoms with Crippen LogP contribution in [0.2, 0.25) is 0 Å². The minimum absolute atomic E-state index is 0.420. The van der Waals surface area contributed by atoms with E-state index in [0.29, 0.717) is 11.8 Å². The van der Waals surface area contributed by atoms with E-state index in [1.165, 1.54) is 49.2 Å². The first kappa shape index (κ1) is 15.4. The zero-order valence-electron chi connectivity index (χ0n) is 15.9. The van der Waals surface area contributed by atoms with E-state index < -0.39 is 0 Å². The summed E-state index contributed by atoms with van der Waals surface area (Å²) in [6.45, 7) is 7.84. The highest BCUT2D eigenvalue weighted by molar-refractivity contribution is 6.24. The van der Waals surface area contributed by atoms with Crippen LogP contribution in [0.3, 0.4) is 0 Å². The molecule has 5 aromatic rings. The number of nitriles is 1. The Morgan fingerprint density at radius 1 is 0.793 bits per heavy atom. The van der Waals surface area contributed by atoms with Crippen LogP contribution in [-0.2, 0) is 0 Å². The third-order valence-electron chi connectivity index (χ3n) is 7.48. The lowest BCUT2D eigenvalue weighted by molar-refractivity contribution is 0.400. The highest BCUT2D eigenvalue weighted by Gasteiger charge is 2.34. The maximum Gasteiger partial charge on any atom is 0.192 e. The molecule has 29 heavy (non-hydrogen) atoms. The van der Waals surface area contributed by atoms with Gasteiger partial charge in [-0.1, -0.05) is 36.4 Å². The Hall–Kier alpha value is -3.56. The monoisotopic (exact) mass is 371 g/mol. The first-order valence-corrected chi connectivity index (χ1v) is 10.4. The van der Waals surface area contributed by atoms with Gasteiger partial charge in [0.15, 0.2) is 5.69 Å². The van der Waals surface area contributed by atoms with Crippen LogP contribution in [-0.4, -0.2) is 4.40 Å². The second-order valence-corrected chi connectivity index (χ2v) is 8.63. The molecule has 0 radical (unpaired) electrons. The van der Waals surface area contributed by atoms with Crippen LogP contribution in [0.1, 0.15) is 54.2 Å². The summed E-state index contributed by atoms with van der Waals surface area (Å²) in [4.78, 5) is 3.94. The first-order chi connectivity index (χ1) is 14.3. The van der Waals surface area contributed by atoms with E-state index in [1.54, 1.807) is 0 Å². The number of para-hydroxylation sites is 1. The van der Waals surface area contributed by atoms with Crippen molar-refractivity contribution in [2.45, 2.75) is 37.5 Å². The van der Waals surface area contributed by atoms with Gasteiger partial charge in [-0.25, -0.2) is 4.85 Å². The minimum atomic E-state index is 0.420. The van der Waals surface area contributed by atoms with Gasteiger partial charge < -0.3 is 4.40 Å². The number of aromatic nitrogens is 1. The van der Waals surface area contributed by atoms with Crippen molar-refractivity contribution in [1.29, 1.82) is 5.26 Å². The van der Waals surface area contributed by atoms with Gasteiger partial charge in [-0.2, -0.15) is 5.26 Å². The smallest absolute Gasteiger partial charge is 0.192 e. The molecule has 0 saturated heterocycles. The van der Waals surface area contributed by atoms with Gasteiger partial charge in [0.05, 0.1) is 29.2 Å². The summed E-state index contributed by atoms with van der Waals surface area (Å²) in [7, 11) is 0. The summed E-state index contributed by atoms with van der Waals surface area (Å²) in [5.41, 5.74) is 7.76. The molecule has 3 aromatic carbocycles. The van der Waals surface area contributed by atoms with Crippen molar-refractivity contribution in [3.05, 3.63) is 70.6 Å². The molecule has 2 bridgehead atoms. The molecule has 1 aliphatic carbocycles. The summed E-state index contributed by atoms with van der Waals surface area (Å²) in [6.07, 6.45) is 4.37. The summed E-state index contributed by atoms with van der Waals surface area (Å²) in [5, 5.41) is 14.9. The topological polar surface area (TPSA) is 32.6 Å². The first-order valence-electron chi connectivity index (χ1n) is 10.4. The summed E-state index contributed by atoms with van der Waals surface area (Å²) >= 11 is 0. The van der Waals surface area contributed by atoms with E-state index in [1.807, 2.05) is 12.1 Å². The molecule has 3 aliphatic rings. The van der Waals surface area contributed by atoms with Crippen LogP contribution in [0, 0.1) is 17.9 Å². The van der Waals surface area contributed by atoms with Gasteiger partial charge in [0.25, 0.3) is 0 Å². The average Bonchev–Trinajstić information content (AvgIpc) is 3.31. The van der Waals surface area contributed by atoms with Crippen molar-refractivity contribution in [3.63, 3.8) is 0 Å². The molecule has 0 spiro atoms. The fourth-order valence-corrected chi connectivity index (χ4v) is 6.36. The average molecular weight is 371 g/mol. The zero-order valence-corrected chi connectivity index (χ0v) is 15.9. The number of fused-ring (bicyclic) bond motifs is 4. The van der Waals surface area contributed by atoms with E-state index in [2.05, 4.69) is 45.6 Å². The van der Waals surface area contributed by atoms with Crippen molar-refractivity contribution in [3.8, 4) is 6.07 Å². The van der Waals surface area contributed by atoms with Gasteiger partial charge in [0.2, 0.25) is 0 Å². The van der Waals surface area contributed by atoms with Crippen LogP contribution in [0.4, 0.5) is 5.69 Å². The maximum atomic E-state index is 9.95. The second-order valence-electron chi connectivity index (χ2n) is 8.63. The second kappa shape index (κ2) is 5.07. The van der Waals surface area contributed by atoms with Crippen LogP contribution in [0.5, 0.6) is 0 Å². The Labute approximate surface area is 167 Å². The van der Waals surface area contributed by atoms with Gasteiger partial charge in [0.1, 0.15) is 0 Å². The molecule has 0 N–H and O–H groups in total. The van der Waals surface area contributed by atoms with Gasteiger partial charge in [-0.3, -0.25) is 0 Å². The predicted octanol–water partition coefficient (Wildman–Crippen LogP) is 7.01. The third kappa shape index (κ3) is 1.65. The fraction of sp³-hybridized carbons (Fsp3) is 0.231. The standard InChI is InChI=1S/C26H17N3/c1-28-21-12-11-20-18-4-2-3-17-19-10-9-16(13-27)22-14-5-7-15(8-6-14)23(21)26(20)29(24(17)18)25(19)22/h2-4,9-12,14-15H,5-8H2. The number of benzene rings is 3. The van der Waals surface area contributed by atoms with Crippen molar-refractivity contribution in [2.24, 2.45) is 0 Å². The molecule has 3 heteroatoms. The Kier molecular flexibility index (Phi) is 2.69. The summed E-state index contributed by atoms with van der Waals surface area (Å²) in [5.74, 6) is 0.843. The highest BCUT2D eigenvalue weighted by Crippen LogP contribution is 2.52. The van der Waals surface area contributed by atoms with Crippen molar-refractivity contribution in [2.75, 3.05) is 0 Å². The van der Waals surface area contributed by atoms with E-state index in [4.69, 9.17) is 6.57 Å². The van der Waals surface area contributed by atoms with Crippen molar-refractivity contribution < 1.29 is 0 Å². The van der Waals surface area contributed by atoms with Crippen LogP contribution >= 0.6 is 0 Å². The van der Waals surface area contributed by atoms with E-state index in [9.17, 15) is 5.26 Å². The molecule has 0 amide bonds. The van der Waals surface area contributed by atoms with Crippen molar-refractivity contribution in [1.82, 2.24) is 4.40 Å². The Morgan fingerprint density at radius 3 is 2.03 bits per heavy atom. The van der Waals surface area contributed by atoms with Crippen LogP contribution in [0.25, 0.3) is 42.9 Å². The zero-order chi connectivity index (χ0) is 19.3. The summed E-state index contributed by atoms with van der Waals surface area (Å²) in [6, 6.07) is 17.4. The van der Waals surface area contributed by atoms with Crippen LogP contribution < -0.4 is 0 Å². The van der Waals surface area contributed by atoms with E-state index >= 15 is 0 Å². The molecule has 8 rings (SSSR count). The van der Waals surface area contributed by atoms with Gasteiger partial charge in [-0.15, -0.1) is 0 Å². The molecule has 1 saturated carbocycles. The molecule has 3 nitrogen and oxygen atoms in total. The highest BCUT2D eigenvalue weighted by atomic mass is 14.9. The van der Waals surface area contributed by atoms with Gasteiger partial charge >= 0.3 is 0 Å².